The molecule has 76 valence electrons. The topological polar surface area (TPSA) is 68.3 Å². The number of methoxy groups -OCH3 is 1. The summed E-state index contributed by atoms with van der Waals surface area (Å²) in [6.45, 7) is 1.77. The molecule has 1 aromatic heterocycles. The number of rotatable bonds is 3. The first-order valence-electron chi connectivity index (χ1n) is 3.90. The van der Waals surface area contributed by atoms with Crippen molar-refractivity contribution >= 4 is 23.2 Å². The highest BCUT2D eigenvalue weighted by atomic mass is 32.1. The van der Waals surface area contributed by atoms with Crippen LogP contribution in [0, 0.1) is 0 Å². The Balaban J connectivity index is 2.59. The zero-order valence-corrected chi connectivity index (χ0v) is 8.68. The van der Waals surface area contributed by atoms with Crippen molar-refractivity contribution in [3.05, 3.63) is 16.1 Å². The van der Waals surface area contributed by atoms with Crippen LogP contribution in [-0.4, -0.2) is 24.0 Å². The lowest BCUT2D eigenvalue weighted by Crippen LogP contribution is -2.18. The van der Waals surface area contributed by atoms with Crippen molar-refractivity contribution in [3.63, 3.8) is 0 Å². The van der Waals surface area contributed by atoms with Gasteiger partial charge in [0.1, 0.15) is 5.01 Å². The molecular weight excluding hydrogens is 204 g/mol. The van der Waals surface area contributed by atoms with Gasteiger partial charge in [0.2, 0.25) is 5.91 Å². The first-order valence-corrected chi connectivity index (χ1v) is 4.78. The summed E-state index contributed by atoms with van der Waals surface area (Å²) in [6.07, 6.45) is 0. The smallest absolute Gasteiger partial charge is 0.357 e. The third-order valence-corrected chi connectivity index (χ3v) is 2.28. The molecule has 0 saturated heterocycles. The standard InChI is InChI=1S/C8H10N2O3S/c1-5(11)9-3-7-10-6(4-14-7)8(12)13-2/h4H,3H2,1-2H3,(H,9,11). The molecule has 0 atom stereocenters. The number of amides is 1. The lowest BCUT2D eigenvalue weighted by molar-refractivity contribution is -0.119. The van der Waals surface area contributed by atoms with Gasteiger partial charge in [0.25, 0.3) is 0 Å². The highest BCUT2D eigenvalue weighted by Gasteiger charge is 2.10. The number of aromatic nitrogens is 1. The molecule has 0 aromatic carbocycles. The van der Waals surface area contributed by atoms with Crippen LogP contribution in [0.2, 0.25) is 0 Å². The van der Waals surface area contributed by atoms with Crippen molar-refractivity contribution in [2.24, 2.45) is 0 Å². The largest absolute Gasteiger partial charge is 0.464 e. The molecule has 1 aromatic rings. The van der Waals surface area contributed by atoms with Gasteiger partial charge in [-0.05, 0) is 0 Å². The van der Waals surface area contributed by atoms with Gasteiger partial charge in [-0.3, -0.25) is 4.79 Å². The van der Waals surface area contributed by atoms with Gasteiger partial charge in [-0.1, -0.05) is 0 Å². The fourth-order valence-corrected chi connectivity index (χ4v) is 1.49. The van der Waals surface area contributed by atoms with E-state index in [0.29, 0.717) is 11.6 Å². The molecular formula is C8H10N2O3S. The van der Waals surface area contributed by atoms with Crippen LogP contribution < -0.4 is 5.32 Å². The van der Waals surface area contributed by atoms with Crippen molar-refractivity contribution in [3.8, 4) is 0 Å². The minimum absolute atomic E-state index is 0.125. The Morgan fingerprint density at radius 3 is 2.93 bits per heavy atom. The minimum Gasteiger partial charge on any atom is -0.464 e. The number of thiazole rings is 1. The van der Waals surface area contributed by atoms with Gasteiger partial charge in [0, 0.05) is 12.3 Å². The molecule has 0 radical (unpaired) electrons. The van der Waals surface area contributed by atoms with Crippen LogP contribution in [0.3, 0.4) is 0 Å². The average molecular weight is 214 g/mol. The van der Waals surface area contributed by atoms with Crippen LogP contribution in [0.15, 0.2) is 5.38 Å². The summed E-state index contributed by atoms with van der Waals surface area (Å²) in [6, 6.07) is 0. The van der Waals surface area contributed by atoms with E-state index >= 15 is 0 Å². The molecule has 1 rings (SSSR count). The zero-order valence-electron chi connectivity index (χ0n) is 7.86. The second kappa shape index (κ2) is 4.71. The second-order valence-corrected chi connectivity index (χ2v) is 3.47. The molecule has 1 heterocycles. The monoisotopic (exact) mass is 214 g/mol. The Bertz CT molecular complexity index is 348. The third-order valence-electron chi connectivity index (χ3n) is 1.43. The Morgan fingerprint density at radius 2 is 2.36 bits per heavy atom. The summed E-state index contributed by atoms with van der Waals surface area (Å²) < 4.78 is 4.49. The van der Waals surface area contributed by atoms with E-state index < -0.39 is 5.97 Å². The van der Waals surface area contributed by atoms with E-state index in [2.05, 4.69) is 15.0 Å². The number of nitrogens with one attached hydrogen (secondary N) is 1. The number of carbonyl (C=O) groups excluding carboxylic acids is 2. The van der Waals surface area contributed by atoms with Crippen LogP contribution in [0.1, 0.15) is 22.4 Å². The minimum atomic E-state index is -0.463. The van der Waals surface area contributed by atoms with Gasteiger partial charge in [-0.15, -0.1) is 11.3 Å². The van der Waals surface area contributed by atoms with Crippen molar-refractivity contribution in [1.29, 1.82) is 0 Å². The summed E-state index contributed by atoms with van der Waals surface area (Å²) in [5, 5.41) is 4.87. The molecule has 14 heavy (non-hydrogen) atoms. The first-order chi connectivity index (χ1) is 6.63. The summed E-state index contributed by atoms with van der Waals surface area (Å²) in [5.74, 6) is -0.588. The molecule has 6 heteroatoms. The summed E-state index contributed by atoms with van der Waals surface area (Å²) >= 11 is 1.31. The second-order valence-electron chi connectivity index (χ2n) is 2.53. The summed E-state index contributed by atoms with van der Waals surface area (Å²) in [7, 11) is 1.30. The molecule has 1 amide bonds. The quantitative estimate of drug-likeness (QED) is 0.747. The first kappa shape index (κ1) is 10.6. The maximum absolute atomic E-state index is 11.0. The Morgan fingerprint density at radius 1 is 1.64 bits per heavy atom. The van der Waals surface area contributed by atoms with E-state index in [-0.39, 0.29) is 11.6 Å². The Kier molecular flexibility index (Phi) is 3.58. The number of hydrogen-bond acceptors (Lipinski definition) is 5. The van der Waals surface area contributed by atoms with E-state index in [9.17, 15) is 9.59 Å². The molecule has 0 fully saturated rings. The summed E-state index contributed by atoms with van der Waals surface area (Å²) in [4.78, 5) is 25.6. The number of carbonyl (C=O) groups is 2. The lowest BCUT2D eigenvalue weighted by Gasteiger charge is -1.96. The molecule has 0 spiro atoms. The number of hydrogen-bond donors (Lipinski definition) is 1. The molecule has 0 saturated carbocycles. The SMILES string of the molecule is COC(=O)c1csc(CNC(C)=O)n1. The summed E-state index contributed by atoms with van der Waals surface area (Å²) in [5.41, 5.74) is 0.276. The van der Waals surface area contributed by atoms with E-state index in [1.807, 2.05) is 0 Å². The van der Waals surface area contributed by atoms with Crippen LogP contribution in [-0.2, 0) is 16.1 Å². The number of nitrogens with zero attached hydrogens (tertiary/aromatic N) is 1. The van der Waals surface area contributed by atoms with Crippen LogP contribution in [0.5, 0.6) is 0 Å². The number of esters is 1. The molecule has 5 nitrogen and oxygen atoms in total. The normalized spacial score (nSPS) is 9.57. The van der Waals surface area contributed by atoms with Gasteiger partial charge in [0.05, 0.1) is 13.7 Å². The predicted molar refractivity (Wildman–Crippen MR) is 51.0 cm³/mol. The van der Waals surface area contributed by atoms with Crippen LogP contribution >= 0.6 is 11.3 Å². The predicted octanol–water partition coefficient (Wildman–Crippen LogP) is 0.566. The number of ether oxygens (including phenoxy) is 1. The molecule has 0 aliphatic carbocycles. The molecule has 1 N–H and O–H groups in total. The van der Waals surface area contributed by atoms with Crippen LogP contribution in [0.25, 0.3) is 0 Å². The van der Waals surface area contributed by atoms with E-state index in [0.717, 1.165) is 0 Å². The van der Waals surface area contributed by atoms with E-state index in [4.69, 9.17) is 0 Å². The van der Waals surface area contributed by atoms with Gasteiger partial charge in [-0.2, -0.15) is 0 Å². The fraction of sp³-hybridized carbons (Fsp3) is 0.375. The van der Waals surface area contributed by atoms with Crippen molar-refractivity contribution in [2.45, 2.75) is 13.5 Å². The van der Waals surface area contributed by atoms with Crippen molar-refractivity contribution < 1.29 is 14.3 Å². The van der Waals surface area contributed by atoms with Gasteiger partial charge in [-0.25, -0.2) is 9.78 Å². The average Bonchev–Trinajstić information content (AvgIpc) is 2.62. The molecule has 0 bridgehead atoms. The maximum atomic E-state index is 11.0. The fourth-order valence-electron chi connectivity index (χ4n) is 0.790. The van der Waals surface area contributed by atoms with E-state index in [1.54, 1.807) is 5.38 Å². The molecule has 0 aliphatic heterocycles. The van der Waals surface area contributed by atoms with Gasteiger partial charge in [0.15, 0.2) is 5.69 Å². The molecule has 0 unspecified atom stereocenters. The highest BCUT2D eigenvalue weighted by molar-refractivity contribution is 7.09. The third kappa shape index (κ3) is 2.81. The van der Waals surface area contributed by atoms with Crippen molar-refractivity contribution in [1.82, 2.24) is 10.3 Å². The zero-order chi connectivity index (χ0) is 10.6. The Labute approximate surface area is 85.1 Å². The van der Waals surface area contributed by atoms with Gasteiger partial charge < -0.3 is 10.1 Å². The Hall–Kier alpha value is -1.43. The van der Waals surface area contributed by atoms with E-state index in [1.165, 1.54) is 25.4 Å². The van der Waals surface area contributed by atoms with Gasteiger partial charge >= 0.3 is 5.97 Å². The molecule has 0 aliphatic rings. The highest BCUT2D eigenvalue weighted by Crippen LogP contribution is 2.10. The van der Waals surface area contributed by atoms with Crippen LogP contribution in [0.4, 0.5) is 0 Å². The maximum Gasteiger partial charge on any atom is 0.357 e. The van der Waals surface area contributed by atoms with Crippen molar-refractivity contribution in [2.75, 3.05) is 7.11 Å². The lowest BCUT2D eigenvalue weighted by atomic mass is 10.5.